The Morgan fingerprint density at radius 1 is 1.62 bits per heavy atom. The zero-order valence-corrected chi connectivity index (χ0v) is 8.12. The van der Waals surface area contributed by atoms with Crippen molar-refractivity contribution < 1.29 is 9.53 Å². The molecule has 1 atom stereocenters. The molecule has 0 radical (unpaired) electrons. The summed E-state index contributed by atoms with van der Waals surface area (Å²) in [4.78, 5) is 13.0. The molecule has 1 heterocycles. The van der Waals surface area contributed by atoms with Gasteiger partial charge in [0.25, 0.3) is 0 Å². The summed E-state index contributed by atoms with van der Waals surface area (Å²) in [6, 6.07) is -0.0713. The predicted octanol–water partition coefficient (Wildman–Crippen LogP) is 1.96. The molecule has 0 aromatic heterocycles. The summed E-state index contributed by atoms with van der Waals surface area (Å²) in [7, 11) is 0. The van der Waals surface area contributed by atoms with Gasteiger partial charge in [-0.15, -0.1) is 13.2 Å². The van der Waals surface area contributed by atoms with E-state index in [0.29, 0.717) is 6.54 Å². The molecule has 0 unspecified atom stereocenters. The van der Waals surface area contributed by atoms with E-state index in [1.165, 1.54) is 0 Å². The van der Waals surface area contributed by atoms with Crippen molar-refractivity contribution in [3.8, 4) is 0 Å². The Bertz CT molecular complexity index is 245. The zero-order valence-electron chi connectivity index (χ0n) is 8.12. The van der Waals surface area contributed by atoms with Crippen LogP contribution in [-0.4, -0.2) is 29.2 Å². The van der Waals surface area contributed by atoms with Crippen molar-refractivity contribution in [1.82, 2.24) is 4.90 Å². The number of carbonyl (C=O) groups is 1. The van der Waals surface area contributed by atoms with Crippen LogP contribution in [0.15, 0.2) is 25.3 Å². The van der Waals surface area contributed by atoms with Crippen LogP contribution in [0.25, 0.3) is 0 Å². The van der Waals surface area contributed by atoms with Gasteiger partial charge in [0.1, 0.15) is 5.60 Å². The number of nitrogens with zero attached hydrogens (tertiary/aromatic N) is 1. The van der Waals surface area contributed by atoms with E-state index in [1.807, 2.05) is 13.8 Å². The Kier molecular flexibility index (Phi) is 2.45. The highest BCUT2D eigenvalue weighted by Crippen LogP contribution is 2.29. The molecule has 1 rings (SSSR count). The highest BCUT2D eigenvalue weighted by Gasteiger charge is 2.45. The fourth-order valence-electron chi connectivity index (χ4n) is 1.57. The van der Waals surface area contributed by atoms with Crippen molar-refractivity contribution in [2.24, 2.45) is 0 Å². The van der Waals surface area contributed by atoms with Crippen LogP contribution in [-0.2, 0) is 4.74 Å². The average molecular weight is 181 g/mol. The largest absolute Gasteiger partial charge is 0.441 e. The van der Waals surface area contributed by atoms with Crippen LogP contribution in [0.4, 0.5) is 4.79 Å². The van der Waals surface area contributed by atoms with Gasteiger partial charge < -0.3 is 4.74 Å². The van der Waals surface area contributed by atoms with Gasteiger partial charge in [-0.1, -0.05) is 12.2 Å². The molecule has 0 bridgehead atoms. The summed E-state index contributed by atoms with van der Waals surface area (Å²) < 4.78 is 5.19. The minimum absolute atomic E-state index is 0.0713. The summed E-state index contributed by atoms with van der Waals surface area (Å²) in [6.45, 7) is 11.5. The third kappa shape index (κ3) is 1.59. The number of rotatable bonds is 3. The fourth-order valence-corrected chi connectivity index (χ4v) is 1.57. The van der Waals surface area contributed by atoms with Gasteiger partial charge in [-0.2, -0.15) is 0 Å². The van der Waals surface area contributed by atoms with Gasteiger partial charge in [-0.05, 0) is 13.8 Å². The third-order valence-electron chi connectivity index (χ3n) is 2.18. The van der Waals surface area contributed by atoms with Crippen LogP contribution in [0, 0.1) is 0 Å². The van der Waals surface area contributed by atoms with Crippen LogP contribution in [0.1, 0.15) is 13.8 Å². The van der Waals surface area contributed by atoms with E-state index in [2.05, 4.69) is 13.2 Å². The van der Waals surface area contributed by atoms with Crippen molar-refractivity contribution in [2.45, 2.75) is 25.5 Å². The first-order valence-electron chi connectivity index (χ1n) is 4.26. The Morgan fingerprint density at radius 3 is 2.69 bits per heavy atom. The molecule has 3 heteroatoms. The maximum Gasteiger partial charge on any atom is 0.411 e. The van der Waals surface area contributed by atoms with Crippen molar-refractivity contribution in [1.29, 1.82) is 0 Å². The van der Waals surface area contributed by atoms with Gasteiger partial charge in [-0.25, -0.2) is 4.79 Å². The van der Waals surface area contributed by atoms with Crippen LogP contribution in [0.3, 0.4) is 0 Å². The van der Waals surface area contributed by atoms with Gasteiger partial charge in [0.15, 0.2) is 0 Å². The second-order valence-corrected chi connectivity index (χ2v) is 3.59. The van der Waals surface area contributed by atoms with Crippen LogP contribution >= 0.6 is 0 Å². The lowest BCUT2D eigenvalue weighted by atomic mass is 9.99. The van der Waals surface area contributed by atoms with Crippen LogP contribution in [0.5, 0.6) is 0 Å². The Morgan fingerprint density at radius 2 is 2.23 bits per heavy atom. The summed E-state index contributed by atoms with van der Waals surface area (Å²) in [5.41, 5.74) is -0.484. The maximum absolute atomic E-state index is 11.4. The molecule has 1 aliphatic rings. The molecule has 1 fully saturated rings. The molecule has 0 aliphatic carbocycles. The topological polar surface area (TPSA) is 29.5 Å². The van der Waals surface area contributed by atoms with E-state index in [9.17, 15) is 4.79 Å². The van der Waals surface area contributed by atoms with Crippen LogP contribution < -0.4 is 0 Å². The van der Waals surface area contributed by atoms with E-state index in [0.717, 1.165) is 0 Å². The highest BCUT2D eigenvalue weighted by molar-refractivity contribution is 5.72. The van der Waals surface area contributed by atoms with Gasteiger partial charge >= 0.3 is 6.09 Å². The average Bonchev–Trinajstić information content (AvgIpc) is 2.22. The van der Waals surface area contributed by atoms with Crippen molar-refractivity contribution in [3.63, 3.8) is 0 Å². The SMILES string of the molecule is C=CCN1C(=O)OC(C)(C)[C@@H]1C=C. The normalized spacial score (nSPS) is 25.5. The smallest absolute Gasteiger partial charge is 0.411 e. The zero-order chi connectivity index (χ0) is 10.1. The molecule has 0 spiro atoms. The van der Waals surface area contributed by atoms with E-state index in [4.69, 9.17) is 4.74 Å². The lowest BCUT2D eigenvalue weighted by Crippen LogP contribution is -2.39. The molecule has 1 saturated heterocycles. The van der Waals surface area contributed by atoms with E-state index < -0.39 is 5.60 Å². The quantitative estimate of drug-likeness (QED) is 0.623. The second-order valence-electron chi connectivity index (χ2n) is 3.59. The first-order valence-corrected chi connectivity index (χ1v) is 4.26. The standard InChI is InChI=1S/C10H15NO2/c1-5-7-11-8(6-2)10(3,4)13-9(11)12/h5-6,8H,1-2,7H2,3-4H3/t8-/m0/s1. The molecular formula is C10H15NO2. The Hall–Kier alpha value is -1.25. The van der Waals surface area contributed by atoms with Crippen molar-refractivity contribution >= 4 is 6.09 Å². The van der Waals surface area contributed by atoms with Gasteiger partial charge in [0.2, 0.25) is 0 Å². The molecule has 1 amide bonds. The molecular weight excluding hydrogens is 166 g/mol. The fraction of sp³-hybridized carbons (Fsp3) is 0.500. The molecule has 3 nitrogen and oxygen atoms in total. The number of hydrogen-bond acceptors (Lipinski definition) is 2. The number of amides is 1. The number of carbonyl (C=O) groups excluding carboxylic acids is 1. The van der Waals surface area contributed by atoms with E-state index in [-0.39, 0.29) is 12.1 Å². The predicted molar refractivity (Wildman–Crippen MR) is 51.4 cm³/mol. The van der Waals surface area contributed by atoms with Crippen molar-refractivity contribution in [3.05, 3.63) is 25.3 Å². The minimum atomic E-state index is -0.484. The Balaban J connectivity index is 2.89. The second kappa shape index (κ2) is 3.24. The maximum atomic E-state index is 11.4. The molecule has 13 heavy (non-hydrogen) atoms. The van der Waals surface area contributed by atoms with E-state index >= 15 is 0 Å². The summed E-state index contributed by atoms with van der Waals surface area (Å²) in [5, 5.41) is 0. The molecule has 0 aromatic rings. The minimum Gasteiger partial charge on any atom is -0.441 e. The molecule has 0 aromatic carbocycles. The first-order chi connectivity index (χ1) is 6.03. The lowest BCUT2D eigenvalue weighted by molar-refractivity contribution is 0.0765. The summed E-state index contributed by atoms with van der Waals surface area (Å²) >= 11 is 0. The van der Waals surface area contributed by atoms with Gasteiger partial charge in [0.05, 0.1) is 6.04 Å². The molecule has 1 aliphatic heterocycles. The van der Waals surface area contributed by atoms with Crippen molar-refractivity contribution in [2.75, 3.05) is 6.54 Å². The Labute approximate surface area is 78.7 Å². The van der Waals surface area contributed by atoms with Gasteiger partial charge in [0, 0.05) is 6.54 Å². The van der Waals surface area contributed by atoms with Gasteiger partial charge in [-0.3, -0.25) is 4.90 Å². The summed E-state index contributed by atoms with van der Waals surface area (Å²) in [5.74, 6) is 0. The number of ether oxygens (including phenoxy) is 1. The lowest BCUT2D eigenvalue weighted by Gasteiger charge is -2.24. The first kappa shape index (κ1) is 9.84. The third-order valence-corrected chi connectivity index (χ3v) is 2.18. The highest BCUT2D eigenvalue weighted by atomic mass is 16.6. The van der Waals surface area contributed by atoms with Crippen LogP contribution in [0.2, 0.25) is 0 Å². The number of cyclic esters (lactones) is 1. The molecule has 0 saturated carbocycles. The molecule has 0 N–H and O–H groups in total. The molecule has 72 valence electrons. The number of hydrogen-bond donors (Lipinski definition) is 0. The van der Waals surface area contributed by atoms with E-state index in [1.54, 1.807) is 17.1 Å². The summed E-state index contributed by atoms with van der Waals surface area (Å²) in [6.07, 6.45) is 3.11. The monoisotopic (exact) mass is 181 g/mol.